The lowest BCUT2D eigenvalue weighted by molar-refractivity contribution is -0.123. The van der Waals surface area contributed by atoms with Gasteiger partial charge in [0.05, 0.1) is 198 Å². The molecular weight excluding hydrogens is 1200 g/mol. The Morgan fingerprint density at radius 2 is 0.396 bits per heavy atom. The number of alkyl carbamates (subject to hydrolysis) is 3. The molecule has 0 radical (unpaired) electrons. The first-order chi connectivity index (χ1) is 43.6. The van der Waals surface area contributed by atoms with E-state index in [1.165, 1.54) is 0 Å². The summed E-state index contributed by atoms with van der Waals surface area (Å²) in [5.41, 5.74) is -1.65. The summed E-state index contributed by atoms with van der Waals surface area (Å²) in [5.74, 6) is -0.524. The van der Waals surface area contributed by atoms with Gasteiger partial charge in [0, 0.05) is 78.2 Å². The average Bonchev–Trinajstić information content (AvgIpc) is 3.63. The average molecular weight is 1320 g/mol. The Kier molecular flexibility index (Phi) is 57.6. The zero-order valence-corrected chi connectivity index (χ0v) is 56.4. The van der Waals surface area contributed by atoms with Crippen LogP contribution in [0.2, 0.25) is 0 Å². The molecule has 0 aromatic heterocycles. The third-order valence-corrected chi connectivity index (χ3v) is 10.9. The highest BCUT2D eigenvalue weighted by Gasteiger charge is 2.18. The Labute approximate surface area is 540 Å². The number of carbonyl (C=O) groups is 6. The molecule has 31 heteroatoms. The van der Waals surface area contributed by atoms with Gasteiger partial charge in [-0.15, -0.1) is 0 Å². The van der Waals surface area contributed by atoms with Crippen LogP contribution in [0.15, 0.2) is 0 Å². The molecule has 0 heterocycles. The number of nitrogens with zero attached hydrogens (tertiary/aromatic N) is 1. The molecule has 91 heavy (non-hydrogen) atoms. The number of hydrogen-bond acceptors (Lipinski definition) is 25. The van der Waals surface area contributed by atoms with Gasteiger partial charge in [0.15, 0.2) is 0 Å². The van der Waals surface area contributed by atoms with Crippen LogP contribution in [0.5, 0.6) is 0 Å². The second kappa shape index (κ2) is 60.5. The Morgan fingerprint density at radius 1 is 0.231 bits per heavy atom. The smallest absolute Gasteiger partial charge is 0.407 e. The summed E-state index contributed by atoms with van der Waals surface area (Å²) in [5, 5.41) is 16.6. The van der Waals surface area contributed by atoms with E-state index in [-0.39, 0.29) is 56.8 Å². The van der Waals surface area contributed by atoms with E-state index in [1.54, 1.807) is 62.3 Å². The highest BCUT2D eigenvalue weighted by Crippen LogP contribution is 2.08. The summed E-state index contributed by atoms with van der Waals surface area (Å²) >= 11 is 0. The van der Waals surface area contributed by atoms with E-state index >= 15 is 0 Å². The van der Waals surface area contributed by atoms with Gasteiger partial charge in [-0.1, -0.05) is 0 Å². The van der Waals surface area contributed by atoms with E-state index in [9.17, 15) is 28.8 Å². The molecule has 0 aromatic carbocycles. The molecule has 0 aliphatic heterocycles. The zero-order valence-electron chi connectivity index (χ0n) is 56.4. The first kappa shape index (κ1) is 86.6. The van der Waals surface area contributed by atoms with Crippen molar-refractivity contribution in [2.24, 2.45) is 0 Å². The summed E-state index contributed by atoms with van der Waals surface area (Å²) in [6.45, 7) is 30.5. The molecule has 0 bridgehead atoms. The topological polar surface area (TPSA) is 344 Å². The van der Waals surface area contributed by atoms with Crippen molar-refractivity contribution >= 4 is 36.0 Å². The van der Waals surface area contributed by atoms with Crippen molar-refractivity contribution in [1.82, 2.24) is 36.8 Å². The second-order valence-electron chi connectivity index (χ2n) is 22.6. The van der Waals surface area contributed by atoms with E-state index in [2.05, 4.69) is 31.9 Å². The largest absolute Gasteiger partial charge is 0.444 e. The van der Waals surface area contributed by atoms with Gasteiger partial charge in [0.1, 0.15) is 16.8 Å². The van der Waals surface area contributed by atoms with Crippen LogP contribution in [-0.4, -0.2) is 315 Å². The lowest BCUT2D eigenvalue weighted by Gasteiger charge is -2.23. The zero-order chi connectivity index (χ0) is 67.2. The Bertz CT molecular complexity index is 1570. The van der Waals surface area contributed by atoms with Gasteiger partial charge < -0.3 is 117 Å². The number of nitrogens with one attached hydrogen (secondary N) is 6. The second-order valence-corrected chi connectivity index (χ2v) is 22.6. The summed E-state index contributed by atoms with van der Waals surface area (Å²) in [6.07, 6.45) is -0.951. The lowest BCUT2D eigenvalue weighted by atomic mass is 10.2. The first-order valence-electron chi connectivity index (χ1n) is 31.7. The molecule has 31 nitrogen and oxygen atoms in total. The number of amides is 6. The van der Waals surface area contributed by atoms with Crippen LogP contribution in [0.3, 0.4) is 0 Å². The molecule has 0 aliphatic carbocycles. The molecule has 0 rings (SSSR count). The van der Waals surface area contributed by atoms with E-state index in [4.69, 9.17) is 85.3 Å². The predicted molar refractivity (Wildman–Crippen MR) is 334 cm³/mol. The third kappa shape index (κ3) is 71.3. The molecule has 0 aliphatic rings. The molecule has 0 fully saturated rings. The van der Waals surface area contributed by atoms with Gasteiger partial charge in [0.2, 0.25) is 17.7 Å². The van der Waals surface area contributed by atoms with Crippen molar-refractivity contribution in [2.75, 3.05) is 257 Å². The van der Waals surface area contributed by atoms with E-state index in [0.717, 1.165) is 0 Å². The van der Waals surface area contributed by atoms with Gasteiger partial charge in [-0.25, -0.2) is 14.4 Å². The van der Waals surface area contributed by atoms with Crippen LogP contribution in [-0.2, 0) is 99.6 Å². The molecule has 536 valence electrons. The number of ether oxygens (including phenoxy) is 18. The van der Waals surface area contributed by atoms with E-state index < -0.39 is 35.1 Å². The van der Waals surface area contributed by atoms with Crippen molar-refractivity contribution in [3.63, 3.8) is 0 Å². The summed E-state index contributed by atoms with van der Waals surface area (Å²) in [4.78, 5) is 74.8. The molecular formula is C60H117N7O24. The molecule has 0 unspecified atom stereocenters. The number of hydrogen-bond donors (Lipinski definition) is 6. The number of carbonyl (C=O) groups excluding carboxylic acids is 6. The predicted octanol–water partition coefficient (Wildman–Crippen LogP) is 1.63. The van der Waals surface area contributed by atoms with Crippen molar-refractivity contribution in [3.05, 3.63) is 0 Å². The minimum absolute atomic E-state index is 0.166. The van der Waals surface area contributed by atoms with Crippen LogP contribution >= 0.6 is 0 Å². The van der Waals surface area contributed by atoms with Crippen LogP contribution in [0.4, 0.5) is 14.4 Å². The third-order valence-electron chi connectivity index (χ3n) is 10.9. The quantitative estimate of drug-likeness (QED) is 0.0372. The molecule has 6 N–H and O–H groups in total. The highest BCUT2D eigenvalue weighted by molar-refractivity contribution is 5.76. The highest BCUT2D eigenvalue weighted by atomic mass is 16.6. The molecule has 6 amide bonds. The SMILES string of the molecule is CC(C)(C)OC(=O)NCCOCCOCCOCCOCCOCCC(=O)NCCN(CCNC(=O)CCOCCOCCOCCOCCOCCNC(=O)OC(C)(C)C)CCNC(=O)CCOCCOCCOCCOCCOCCNC(=O)OC(C)(C)C. The Balaban J connectivity index is 4.32. The monoisotopic (exact) mass is 1320 g/mol. The van der Waals surface area contributed by atoms with E-state index in [1.807, 2.05) is 4.90 Å². The normalized spacial score (nSPS) is 11.8. The summed E-state index contributed by atoms with van der Waals surface area (Å²) < 4.78 is 98.0. The van der Waals surface area contributed by atoms with E-state index in [0.29, 0.717) is 237 Å². The first-order valence-corrected chi connectivity index (χ1v) is 31.7. The van der Waals surface area contributed by atoms with Crippen LogP contribution < -0.4 is 31.9 Å². The van der Waals surface area contributed by atoms with Crippen molar-refractivity contribution in [2.45, 2.75) is 98.4 Å². The molecule has 0 aromatic rings. The summed E-state index contributed by atoms with van der Waals surface area (Å²) in [6, 6.07) is 0. The van der Waals surface area contributed by atoms with Gasteiger partial charge >= 0.3 is 18.3 Å². The van der Waals surface area contributed by atoms with Gasteiger partial charge in [-0.2, -0.15) is 0 Å². The molecule has 0 spiro atoms. The fourth-order valence-corrected chi connectivity index (χ4v) is 6.72. The Hall–Kier alpha value is -4.42. The van der Waals surface area contributed by atoms with Gasteiger partial charge in [-0.3, -0.25) is 19.3 Å². The molecule has 0 atom stereocenters. The van der Waals surface area contributed by atoms with Gasteiger partial charge in [-0.05, 0) is 62.3 Å². The fourth-order valence-electron chi connectivity index (χ4n) is 6.72. The lowest BCUT2D eigenvalue weighted by Crippen LogP contribution is -2.43. The van der Waals surface area contributed by atoms with Crippen LogP contribution in [0, 0.1) is 0 Å². The number of rotatable bonds is 63. The van der Waals surface area contributed by atoms with Gasteiger partial charge in [0.25, 0.3) is 0 Å². The molecule has 0 saturated heterocycles. The van der Waals surface area contributed by atoms with Crippen LogP contribution in [0.25, 0.3) is 0 Å². The van der Waals surface area contributed by atoms with Crippen molar-refractivity contribution in [1.29, 1.82) is 0 Å². The molecule has 0 saturated carbocycles. The van der Waals surface area contributed by atoms with Crippen molar-refractivity contribution in [3.8, 4) is 0 Å². The van der Waals surface area contributed by atoms with Crippen LogP contribution in [0.1, 0.15) is 81.6 Å². The Morgan fingerprint density at radius 3 is 0.571 bits per heavy atom. The standard InChI is InChI=1S/C60H117N7O24/c1-58(2,3)89-55(71)64-16-25-77-31-37-83-43-49-86-46-40-80-34-28-74-22-10-52(68)61-13-19-67(20-14-62-53(69)11-23-75-29-35-81-41-47-87-50-44-84-38-32-78-26-17-65-56(72)90-59(4,5)6)21-15-63-54(70)12-24-76-30-36-82-42-48-88-51-45-85-39-33-79-27-18-66-57(73)91-60(7,8)9/h10-51H2,1-9H3,(H,61,68)(H,62,69)(H,63,70)(H,64,71)(H,65,72)(H,66,73). The maximum atomic E-state index is 12.6. The maximum Gasteiger partial charge on any atom is 0.407 e. The minimum atomic E-state index is -0.551. The van der Waals surface area contributed by atoms with Crippen molar-refractivity contribution < 1.29 is 114 Å². The minimum Gasteiger partial charge on any atom is -0.444 e. The maximum absolute atomic E-state index is 12.6. The fraction of sp³-hybridized carbons (Fsp3) is 0.900. The summed E-state index contributed by atoms with van der Waals surface area (Å²) in [7, 11) is 0.